The van der Waals surface area contributed by atoms with Crippen molar-refractivity contribution in [3.63, 3.8) is 0 Å². The molecule has 1 heterocycles. The number of nitro groups is 1. The molecule has 17 heavy (non-hydrogen) atoms. The van der Waals surface area contributed by atoms with Gasteiger partial charge in [0.25, 0.3) is 0 Å². The average molecular weight is 240 g/mol. The zero-order valence-corrected chi connectivity index (χ0v) is 9.75. The van der Waals surface area contributed by atoms with Crippen LogP contribution in [0.4, 0.5) is 11.5 Å². The van der Waals surface area contributed by atoms with Gasteiger partial charge < -0.3 is 16.2 Å². The van der Waals surface area contributed by atoms with Gasteiger partial charge in [0.05, 0.1) is 11.0 Å². The molecule has 0 radical (unpaired) electrons. The first-order valence-corrected chi connectivity index (χ1v) is 5.21. The first kappa shape index (κ1) is 13.3. The van der Waals surface area contributed by atoms with Gasteiger partial charge in [-0.1, -0.05) is 0 Å². The van der Waals surface area contributed by atoms with Crippen LogP contribution < -0.4 is 11.1 Å². The predicted octanol–water partition coefficient (Wildman–Crippen LogP) is 0.418. The molecule has 0 aliphatic carbocycles. The molecule has 1 aromatic rings. The number of aliphatic hydroxyl groups is 1. The van der Waals surface area contributed by atoms with Crippen molar-refractivity contribution in [3.8, 4) is 0 Å². The summed E-state index contributed by atoms with van der Waals surface area (Å²) in [7, 11) is 0. The van der Waals surface area contributed by atoms with Gasteiger partial charge in [0.15, 0.2) is 0 Å². The standard InChI is InChI=1S/C10H16N4O3/c1-6-3-4-9(14(16)17)10(13-6)12-5-8(11)7(2)15/h3-4,7-8,15H,5,11H2,1-2H3,(H,12,13). The Morgan fingerprint density at radius 1 is 1.65 bits per heavy atom. The zero-order chi connectivity index (χ0) is 13.0. The summed E-state index contributed by atoms with van der Waals surface area (Å²) < 4.78 is 0. The van der Waals surface area contributed by atoms with Gasteiger partial charge in [0.2, 0.25) is 5.82 Å². The summed E-state index contributed by atoms with van der Waals surface area (Å²) in [5.74, 6) is 0.172. The third kappa shape index (κ3) is 3.65. The van der Waals surface area contributed by atoms with Crippen molar-refractivity contribution in [2.75, 3.05) is 11.9 Å². The number of hydrogen-bond acceptors (Lipinski definition) is 6. The van der Waals surface area contributed by atoms with Crippen LogP contribution in [0.25, 0.3) is 0 Å². The van der Waals surface area contributed by atoms with Gasteiger partial charge in [0, 0.05) is 24.3 Å². The Kier molecular flexibility index (Phi) is 4.36. The van der Waals surface area contributed by atoms with Crippen LogP contribution in [0.2, 0.25) is 0 Å². The second-order valence-corrected chi connectivity index (χ2v) is 3.86. The minimum Gasteiger partial charge on any atom is -0.392 e. The number of pyridine rings is 1. The number of nitrogens with two attached hydrogens (primary N) is 1. The van der Waals surface area contributed by atoms with Crippen LogP contribution in [0.5, 0.6) is 0 Å². The molecule has 0 fully saturated rings. The largest absolute Gasteiger partial charge is 0.392 e. The fourth-order valence-electron chi connectivity index (χ4n) is 1.21. The predicted molar refractivity (Wildman–Crippen MR) is 63.8 cm³/mol. The van der Waals surface area contributed by atoms with Crippen LogP contribution >= 0.6 is 0 Å². The molecule has 0 spiro atoms. The van der Waals surface area contributed by atoms with Gasteiger partial charge in [-0.15, -0.1) is 0 Å². The van der Waals surface area contributed by atoms with E-state index in [2.05, 4.69) is 10.3 Å². The molecule has 4 N–H and O–H groups in total. The van der Waals surface area contributed by atoms with Crippen molar-refractivity contribution in [3.05, 3.63) is 27.9 Å². The first-order valence-electron chi connectivity index (χ1n) is 5.21. The fraction of sp³-hybridized carbons (Fsp3) is 0.500. The van der Waals surface area contributed by atoms with Crippen LogP contribution in [0.1, 0.15) is 12.6 Å². The number of anilines is 1. The lowest BCUT2D eigenvalue weighted by atomic mass is 10.2. The SMILES string of the molecule is Cc1ccc([N+](=O)[O-])c(NCC(N)C(C)O)n1. The Bertz CT molecular complexity index is 409. The van der Waals surface area contributed by atoms with Crippen molar-refractivity contribution in [2.45, 2.75) is 26.0 Å². The van der Waals surface area contributed by atoms with Gasteiger partial charge in [-0.05, 0) is 19.9 Å². The van der Waals surface area contributed by atoms with Crippen LogP contribution in [0, 0.1) is 17.0 Å². The molecule has 1 aromatic heterocycles. The Labute approximate surface area is 98.8 Å². The van der Waals surface area contributed by atoms with E-state index in [-0.39, 0.29) is 18.1 Å². The van der Waals surface area contributed by atoms with Crippen LogP contribution in [0.15, 0.2) is 12.1 Å². The molecule has 0 amide bonds. The van der Waals surface area contributed by atoms with Crippen molar-refractivity contribution in [1.29, 1.82) is 0 Å². The van der Waals surface area contributed by atoms with Crippen LogP contribution in [-0.4, -0.2) is 33.7 Å². The zero-order valence-electron chi connectivity index (χ0n) is 9.75. The average Bonchev–Trinajstić information content (AvgIpc) is 2.25. The summed E-state index contributed by atoms with van der Waals surface area (Å²) in [5, 5.41) is 22.7. The molecule has 2 unspecified atom stereocenters. The van der Waals surface area contributed by atoms with Gasteiger partial charge in [-0.25, -0.2) is 4.98 Å². The number of aromatic nitrogens is 1. The molecule has 7 nitrogen and oxygen atoms in total. The summed E-state index contributed by atoms with van der Waals surface area (Å²) in [6, 6.07) is 2.45. The molecule has 0 aliphatic rings. The Balaban J connectivity index is 2.82. The van der Waals surface area contributed by atoms with Crippen LogP contribution in [0.3, 0.4) is 0 Å². The number of rotatable bonds is 5. The highest BCUT2D eigenvalue weighted by Crippen LogP contribution is 2.21. The van der Waals surface area contributed by atoms with E-state index in [1.54, 1.807) is 19.9 Å². The monoisotopic (exact) mass is 240 g/mol. The van der Waals surface area contributed by atoms with Crippen molar-refractivity contribution < 1.29 is 10.0 Å². The number of aliphatic hydroxyl groups excluding tert-OH is 1. The summed E-state index contributed by atoms with van der Waals surface area (Å²) >= 11 is 0. The van der Waals surface area contributed by atoms with E-state index in [9.17, 15) is 15.2 Å². The molecule has 0 saturated carbocycles. The van der Waals surface area contributed by atoms with E-state index in [0.29, 0.717) is 5.69 Å². The maximum atomic E-state index is 10.8. The molecule has 0 bridgehead atoms. The molecule has 0 aromatic carbocycles. The lowest BCUT2D eigenvalue weighted by Gasteiger charge is -2.15. The lowest BCUT2D eigenvalue weighted by Crippen LogP contribution is -2.38. The third-order valence-electron chi connectivity index (χ3n) is 2.33. The molecular formula is C10H16N4O3. The highest BCUT2D eigenvalue weighted by Gasteiger charge is 2.16. The summed E-state index contributed by atoms with van der Waals surface area (Å²) in [4.78, 5) is 14.3. The topological polar surface area (TPSA) is 114 Å². The first-order chi connectivity index (χ1) is 7.91. The van der Waals surface area contributed by atoms with E-state index in [0.717, 1.165) is 0 Å². The van der Waals surface area contributed by atoms with E-state index < -0.39 is 17.1 Å². The Morgan fingerprint density at radius 3 is 2.82 bits per heavy atom. The summed E-state index contributed by atoms with van der Waals surface area (Å²) in [5.41, 5.74) is 6.19. The van der Waals surface area contributed by atoms with E-state index >= 15 is 0 Å². The fourth-order valence-corrected chi connectivity index (χ4v) is 1.21. The maximum absolute atomic E-state index is 10.8. The molecule has 2 atom stereocenters. The van der Waals surface area contributed by atoms with Crippen molar-refractivity contribution >= 4 is 11.5 Å². The minimum absolute atomic E-state index is 0.103. The lowest BCUT2D eigenvalue weighted by molar-refractivity contribution is -0.384. The summed E-state index contributed by atoms with van der Waals surface area (Å²) in [6.45, 7) is 3.52. The van der Waals surface area contributed by atoms with Crippen LogP contribution in [-0.2, 0) is 0 Å². The van der Waals surface area contributed by atoms with E-state index in [4.69, 9.17) is 5.73 Å². The smallest absolute Gasteiger partial charge is 0.311 e. The van der Waals surface area contributed by atoms with Crippen molar-refractivity contribution in [1.82, 2.24) is 4.98 Å². The number of hydrogen-bond donors (Lipinski definition) is 3. The molecular weight excluding hydrogens is 224 g/mol. The van der Waals surface area contributed by atoms with Gasteiger partial charge in [0.1, 0.15) is 0 Å². The molecule has 1 rings (SSSR count). The van der Waals surface area contributed by atoms with Crippen molar-refractivity contribution in [2.24, 2.45) is 5.73 Å². The molecule has 94 valence electrons. The summed E-state index contributed by atoms with van der Waals surface area (Å²) in [6.07, 6.45) is -0.689. The number of aryl methyl sites for hydroxylation is 1. The Morgan fingerprint density at radius 2 is 2.29 bits per heavy atom. The molecule has 7 heteroatoms. The van der Waals surface area contributed by atoms with E-state index in [1.165, 1.54) is 6.07 Å². The number of nitrogens with one attached hydrogen (secondary N) is 1. The third-order valence-corrected chi connectivity index (χ3v) is 2.33. The van der Waals surface area contributed by atoms with Gasteiger partial charge >= 0.3 is 5.69 Å². The second-order valence-electron chi connectivity index (χ2n) is 3.86. The number of nitrogens with zero attached hydrogens (tertiary/aromatic N) is 2. The van der Waals surface area contributed by atoms with E-state index in [1.807, 2.05) is 0 Å². The minimum atomic E-state index is -0.689. The quantitative estimate of drug-likeness (QED) is 0.507. The highest BCUT2D eigenvalue weighted by atomic mass is 16.6. The molecule has 0 saturated heterocycles. The maximum Gasteiger partial charge on any atom is 0.311 e. The second kappa shape index (κ2) is 5.55. The van der Waals surface area contributed by atoms with Gasteiger partial charge in [-0.2, -0.15) is 0 Å². The highest BCUT2D eigenvalue weighted by molar-refractivity contribution is 5.56. The molecule has 0 aliphatic heterocycles. The Hall–Kier alpha value is -1.73. The van der Waals surface area contributed by atoms with Gasteiger partial charge in [-0.3, -0.25) is 10.1 Å². The normalized spacial score (nSPS) is 14.1.